The monoisotopic (exact) mass is 467 g/mol. The van der Waals surface area contributed by atoms with Crippen molar-refractivity contribution in [3.63, 3.8) is 0 Å². The van der Waals surface area contributed by atoms with Crippen LogP contribution in [0.4, 0.5) is 5.69 Å². The van der Waals surface area contributed by atoms with Crippen LogP contribution in [0.15, 0.2) is 64.9 Å². The number of fused-ring (bicyclic) bond motifs is 1. The molecule has 2 heterocycles. The highest BCUT2D eigenvalue weighted by atomic mass is 35.5. The fraction of sp³-hybridized carbons (Fsp3) is 0.208. The molecule has 8 heteroatoms. The molecule has 1 amide bonds. The molecule has 0 saturated heterocycles. The van der Waals surface area contributed by atoms with Gasteiger partial charge in [0.05, 0.1) is 11.4 Å². The minimum atomic E-state index is -0.269. The molecule has 0 unspecified atom stereocenters. The quantitative estimate of drug-likeness (QED) is 0.418. The molecule has 0 spiro atoms. The van der Waals surface area contributed by atoms with Crippen LogP contribution in [0.3, 0.4) is 0 Å². The number of amides is 1. The van der Waals surface area contributed by atoms with E-state index in [9.17, 15) is 9.59 Å². The molecule has 164 valence electrons. The Hall–Kier alpha value is -3.16. The number of nitrogens with zero attached hydrogens (tertiary/aromatic N) is 2. The van der Waals surface area contributed by atoms with Gasteiger partial charge < -0.3 is 10.1 Å². The smallest absolute Gasteiger partial charge is 0.258 e. The maximum Gasteiger partial charge on any atom is 0.258 e. The van der Waals surface area contributed by atoms with Crippen LogP contribution >= 0.6 is 22.9 Å². The largest absolute Gasteiger partial charge is 0.485 e. The van der Waals surface area contributed by atoms with E-state index in [1.165, 1.54) is 21.8 Å². The maximum atomic E-state index is 12.8. The van der Waals surface area contributed by atoms with Gasteiger partial charge in [0.1, 0.15) is 12.4 Å². The van der Waals surface area contributed by atoms with E-state index >= 15 is 0 Å². The van der Waals surface area contributed by atoms with Gasteiger partial charge in [-0.2, -0.15) is 0 Å². The minimum Gasteiger partial charge on any atom is -0.485 e. The van der Waals surface area contributed by atoms with E-state index in [4.69, 9.17) is 16.3 Å². The van der Waals surface area contributed by atoms with Crippen LogP contribution in [0.25, 0.3) is 4.96 Å². The topological polar surface area (TPSA) is 72.7 Å². The van der Waals surface area contributed by atoms with E-state index in [1.807, 2.05) is 12.1 Å². The number of carbonyl (C=O) groups is 1. The van der Waals surface area contributed by atoms with Crippen LogP contribution in [0.1, 0.15) is 42.4 Å². The van der Waals surface area contributed by atoms with Crippen LogP contribution in [-0.2, 0) is 12.0 Å². The summed E-state index contributed by atoms with van der Waals surface area (Å²) in [6.07, 6.45) is 1.68. The van der Waals surface area contributed by atoms with E-state index in [1.54, 1.807) is 41.9 Å². The zero-order chi connectivity index (χ0) is 22.9. The van der Waals surface area contributed by atoms with Gasteiger partial charge in [-0.3, -0.25) is 14.0 Å². The lowest BCUT2D eigenvalue weighted by atomic mass is 9.87. The first kappa shape index (κ1) is 22.0. The second-order valence-electron chi connectivity index (χ2n) is 8.35. The first-order chi connectivity index (χ1) is 15.2. The highest BCUT2D eigenvalue weighted by molar-refractivity contribution is 7.15. The molecule has 1 N–H and O–H groups in total. The van der Waals surface area contributed by atoms with Crippen molar-refractivity contribution >= 4 is 39.5 Å². The Kier molecular flexibility index (Phi) is 6.04. The molecule has 0 aliphatic rings. The lowest BCUT2D eigenvalue weighted by Crippen LogP contribution is -2.16. The minimum absolute atomic E-state index is 0.00555. The normalized spacial score (nSPS) is 11.5. The predicted molar refractivity (Wildman–Crippen MR) is 128 cm³/mol. The summed E-state index contributed by atoms with van der Waals surface area (Å²) in [5.74, 6) is 0.163. The van der Waals surface area contributed by atoms with Gasteiger partial charge in [-0.15, -0.1) is 11.3 Å². The zero-order valence-electron chi connectivity index (χ0n) is 17.9. The Labute approximate surface area is 194 Å². The highest BCUT2D eigenvalue weighted by Crippen LogP contribution is 2.29. The summed E-state index contributed by atoms with van der Waals surface area (Å²) in [4.78, 5) is 30.0. The van der Waals surface area contributed by atoms with Crippen molar-refractivity contribution in [1.82, 2.24) is 9.38 Å². The standard InChI is InChI=1S/C24H22ClN3O3S/c1-24(2,3)16-6-4-15(5-7-16)22(30)27-19-12-17(25)8-9-20(19)31-14-18-13-21(29)28-10-11-32-23(28)26-18/h4-13H,14H2,1-3H3,(H,27,30). The predicted octanol–water partition coefficient (Wildman–Crippen LogP) is 5.54. The van der Waals surface area contributed by atoms with Gasteiger partial charge >= 0.3 is 0 Å². The Morgan fingerprint density at radius 2 is 1.91 bits per heavy atom. The molecular formula is C24H22ClN3O3S. The van der Waals surface area contributed by atoms with Gasteiger partial charge in [0.25, 0.3) is 11.5 Å². The number of benzene rings is 2. The molecule has 32 heavy (non-hydrogen) atoms. The van der Waals surface area contributed by atoms with Crippen molar-refractivity contribution in [3.8, 4) is 5.75 Å². The molecule has 0 bridgehead atoms. The van der Waals surface area contributed by atoms with Crippen LogP contribution in [-0.4, -0.2) is 15.3 Å². The number of hydrogen-bond acceptors (Lipinski definition) is 5. The highest BCUT2D eigenvalue weighted by Gasteiger charge is 2.16. The van der Waals surface area contributed by atoms with Crippen molar-refractivity contribution in [2.24, 2.45) is 0 Å². The van der Waals surface area contributed by atoms with Gasteiger partial charge in [0.15, 0.2) is 4.96 Å². The number of nitrogens with one attached hydrogen (secondary N) is 1. The van der Waals surface area contributed by atoms with Gasteiger partial charge in [-0.05, 0) is 41.3 Å². The van der Waals surface area contributed by atoms with Crippen molar-refractivity contribution in [1.29, 1.82) is 0 Å². The van der Waals surface area contributed by atoms with Crippen LogP contribution in [0.2, 0.25) is 5.02 Å². The van der Waals surface area contributed by atoms with Crippen molar-refractivity contribution in [3.05, 3.63) is 92.3 Å². The van der Waals surface area contributed by atoms with Crippen molar-refractivity contribution < 1.29 is 9.53 Å². The molecule has 0 atom stereocenters. The average molecular weight is 468 g/mol. The van der Waals surface area contributed by atoms with Gasteiger partial charge in [0, 0.05) is 28.2 Å². The molecule has 0 aliphatic heterocycles. The average Bonchev–Trinajstić information content (AvgIpc) is 3.22. The number of anilines is 1. The number of hydrogen-bond donors (Lipinski definition) is 1. The van der Waals surface area contributed by atoms with Crippen molar-refractivity contribution in [2.45, 2.75) is 32.8 Å². The Bertz CT molecular complexity index is 1340. The number of ether oxygens (including phenoxy) is 1. The molecule has 0 radical (unpaired) electrons. The number of carbonyl (C=O) groups excluding carboxylic acids is 1. The van der Waals surface area contributed by atoms with Crippen LogP contribution in [0, 0.1) is 0 Å². The van der Waals surface area contributed by atoms with Gasteiger partial charge in [-0.1, -0.05) is 44.5 Å². The molecule has 0 aliphatic carbocycles. The molecule has 4 rings (SSSR count). The fourth-order valence-electron chi connectivity index (χ4n) is 3.16. The van der Waals surface area contributed by atoms with E-state index in [0.29, 0.717) is 32.7 Å². The first-order valence-electron chi connectivity index (χ1n) is 10.0. The number of aromatic nitrogens is 2. The summed E-state index contributed by atoms with van der Waals surface area (Å²) in [5, 5.41) is 5.13. The summed E-state index contributed by atoms with van der Waals surface area (Å²) in [6, 6.07) is 13.9. The van der Waals surface area contributed by atoms with E-state index < -0.39 is 0 Å². The van der Waals surface area contributed by atoms with E-state index in [-0.39, 0.29) is 23.5 Å². The molecule has 2 aromatic heterocycles. The number of thiazole rings is 1. The third-order valence-electron chi connectivity index (χ3n) is 4.93. The molecule has 4 aromatic rings. The maximum absolute atomic E-state index is 12.8. The van der Waals surface area contributed by atoms with E-state index in [2.05, 4.69) is 31.1 Å². The Morgan fingerprint density at radius 3 is 2.62 bits per heavy atom. The lowest BCUT2D eigenvalue weighted by molar-refractivity contribution is 0.102. The third kappa shape index (κ3) is 4.84. The Balaban J connectivity index is 1.52. The zero-order valence-corrected chi connectivity index (χ0v) is 19.5. The van der Waals surface area contributed by atoms with Crippen LogP contribution < -0.4 is 15.6 Å². The molecule has 0 saturated carbocycles. The Morgan fingerprint density at radius 1 is 1.16 bits per heavy atom. The summed E-state index contributed by atoms with van der Waals surface area (Å²) in [5.41, 5.74) is 2.46. The van der Waals surface area contributed by atoms with Crippen molar-refractivity contribution in [2.75, 3.05) is 5.32 Å². The first-order valence-corrected chi connectivity index (χ1v) is 11.3. The number of rotatable bonds is 5. The summed E-state index contributed by atoms with van der Waals surface area (Å²) >= 11 is 7.52. The second kappa shape index (κ2) is 8.76. The van der Waals surface area contributed by atoms with Crippen LogP contribution in [0.5, 0.6) is 5.75 Å². The summed E-state index contributed by atoms with van der Waals surface area (Å²) < 4.78 is 7.36. The van der Waals surface area contributed by atoms with Gasteiger partial charge in [0.2, 0.25) is 0 Å². The lowest BCUT2D eigenvalue weighted by Gasteiger charge is -2.19. The van der Waals surface area contributed by atoms with E-state index in [0.717, 1.165) is 5.56 Å². The van der Waals surface area contributed by atoms with Gasteiger partial charge in [-0.25, -0.2) is 4.98 Å². The number of halogens is 1. The molecule has 0 fully saturated rings. The third-order valence-corrected chi connectivity index (χ3v) is 5.93. The second-order valence-corrected chi connectivity index (χ2v) is 9.66. The summed E-state index contributed by atoms with van der Waals surface area (Å²) in [7, 11) is 0. The molecule has 6 nitrogen and oxygen atoms in total. The molecule has 2 aromatic carbocycles. The fourth-order valence-corrected chi connectivity index (χ4v) is 4.07. The molecular weight excluding hydrogens is 446 g/mol. The SMILES string of the molecule is CC(C)(C)c1ccc(C(=O)Nc2cc(Cl)ccc2OCc2cc(=O)n3ccsc3n2)cc1. The summed E-state index contributed by atoms with van der Waals surface area (Å²) in [6.45, 7) is 6.44.